The van der Waals surface area contributed by atoms with E-state index in [9.17, 15) is 9.59 Å². The lowest BCUT2D eigenvalue weighted by Gasteiger charge is -2.22. The van der Waals surface area contributed by atoms with Crippen LogP contribution in [0.4, 0.5) is 4.79 Å². The van der Waals surface area contributed by atoms with Crippen LogP contribution in [0.5, 0.6) is 0 Å². The SMILES string of the molecule is CC(C)(C)OC(=O)N[C@H](c1ccccc1)c1noc(Cn2cn[nH]c2=O)n1. The number of benzene rings is 1. The molecule has 0 bridgehead atoms. The highest BCUT2D eigenvalue weighted by atomic mass is 16.6. The molecule has 10 nitrogen and oxygen atoms in total. The summed E-state index contributed by atoms with van der Waals surface area (Å²) in [7, 11) is 0. The number of aromatic amines is 1. The van der Waals surface area contributed by atoms with Crippen molar-refractivity contribution >= 4 is 6.09 Å². The fourth-order valence-electron chi connectivity index (χ4n) is 2.35. The van der Waals surface area contributed by atoms with Crippen LogP contribution in [0.1, 0.15) is 44.1 Å². The first-order valence-electron chi connectivity index (χ1n) is 8.28. The van der Waals surface area contributed by atoms with Crippen LogP contribution in [0.25, 0.3) is 0 Å². The smallest absolute Gasteiger partial charge is 0.408 e. The third-order valence-corrected chi connectivity index (χ3v) is 3.46. The minimum atomic E-state index is -0.667. The zero-order valence-corrected chi connectivity index (χ0v) is 15.2. The summed E-state index contributed by atoms with van der Waals surface area (Å²) in [6.07, 6.45) is 0.730. The number of amides is 1. The normalized spacial score (nSPS) is 12.6. The van der Waals surface area contributed by atoms with Gasteiger partial charge in [-0.3, -0.25) is 4.57 Å². The van der Waals surface area contributed by atoms with Crippen LogP contribution in [0, 0.1) is 0 Å². The van der Waals surface area contributed by atoms with E-state index in [4.69, 9.17) is 9.26 Å². The van der Waals surface area contributed by atoms with Gasteiger partial charge in [-0.1, -0.05) is 35.5 Å². The topological polar surface area (TPSA) is 128 Å². The molecule has 0 aliphatic rings. The monoisotopic (exact) mass is 372 g/mol. The summed E-state index contributed by atoms with van der Waals surface area (Å²) in [4.78, 5) is 28.1. The van der Waals surface area contributed by atoms with Crippen LogP contribution < -0.4 is 11.0 Å². The van der Waals surface area contributed by atoms with Crippen LogP contribution in [-0.2, 0) is 11.3 Å². The summed E-state index contributed by atoms with van der Waals surface area (Å²) < 4.78 is 11.8. The maximum atomic E-state index is 12.2. The van der Waals surface area contributed by atoms with Crippen molar-refractivity contribution in [2.45, 2.75) is 39.0 Å². The van der Waals surface area contributed by atoms with Gasteiger partial charge < -0.3 is 14.6 Å². The van der Waals surface area contributed by atoms with Gasteiger partial charge in [0.15, 0.2) is 5.82 Å². The minimum Gasteiger partial charge on any atom is -0.444 e. The Kier molecular flexibility index (Phi) is 5.06. The van der Waals surface area contributed by atoms with Gasteiger partial charge in [-0.25, -0.2) is 14.7 Å². The Labute approximate surface area is 154 Å². The fraction of sp³-hybridized carbons (Fsp3) is 0.353. The summed E-state index contributed by atoms with van der Waals surface area (Å²) in [5, 5.41) is 12.6. The highest BCUT2D eigenvalue weighted by Gasteiger charge is 2.25. The van der Waals surface area contributed by atoms with E-state index >= 15 is 0 Å². The standard InChI is InChI=1S/C17H20N6O4/c1-17(2,3)26-16(25)20-13(11-7-5-4-6-8-11)14-19-12(27-22-14)9-23-10-18-21-15(23)24/h4-8,10,13H,9H2,1-3H3,(H,20,25)(H,21,24)/t13-/m1/s1. The van der Waals surface area contributed by atoms with E-state index in [2.05, 4.69) is 25.7 Å². The molecule has 3 aromatic rings. The molecule has 1 atom stereocenters. The third-order valence-electron chi connectivity index (χ3n) is 3.46. The van der Waals surface area contributed by atoms with Crippen molar-refractivity contribution in [1.82, 2.24) is 30.2 Å². The predicted octanol–water partition coefficient (Wildman–Crippen LogP) is 1.62. The van der Waals surface area contributed by atoms with Crippen molar-refractivity contribution in [2.24, 2.45) is 0 Å². The zero-order chi connectivity index (χ0) is 19.4. The number of H-pyrrole nitrogens is 1. The summed E-state index contributed by atoms with van der Waals surface area (Å²) in [6, 6.07) is 8.54. The number of hydrogen-bond acceptors (Lipinski definition) is 7. The second kappa shape index (κ2) is 7.44. The number of rotatable bonds is 5. The van der Waals surface area contributed by atoms with Gasteiger partial charge >= 0.3 is 11.8 Å². The molecular formula is C17H20N6O4. The molecule has 0 aliphatic heterocycles. The number of alkyl carbamates (subject to hydrolysis) is 1. The molecule has 10 heteroatoms. The van der Waals surface area contributed by atoms with Gasteiger partial charge in [0, 0.05) is 0 Å². The van der Waals surface area contributed by atoms with Crippen LogP contribution in [0.15, 0.2) is 46.0 Å². The van der Waals surface area contributed by atoms with Crippen LogP contribution in [0.2, 0.25) is 0 Å². The van der Waals surface area contributed by atoms with Gasteiger partial charge in [-0.2, -0.15) is 10.1 Å². The molecule has 0 radical (unpaired) electrons. The molecular weight excluding hydrogens is 352 g/mol. The molecule has 0 fully saturated rings. The maximum Gasteiger partial charge on any atom is 0.408 e. The second-order valence-electron chi connectivity index (χ2n) is 6.83. The number of carbonyl (C=O) groups excluding carboxylic acids is 1. The van der Waals surface area contributed by atoms with E-state index in [0.717, 1.165) is 5.56 Å². The lowest BCUT2D eigenvalue weighted by Crippen LogP contribution is -2.35. The average molecular weight is 372 g/mol. The first-order chi connectivity index (χ1) is 12.8. The number of carbonyl (C=O) groups is 1. The molecule has 1 aromatic carbocycles. The molecule has 2 aromatic heterocycles. The highest BCUT2D eigenvalue weighted by Crippen LogP contribution is 2.20. The molecule has 0 saturated carbocycles. The van der Waals surface area contributed by atoms with Crippen molar-refractivity contribution in [1.29, 1.82) is 0 Å². The average Bonchev–Trinajstić information content (AvgIpc) is 3.22. The van der Waals surface area contributed by atoms with Crippen molar-refractivity contribution in [3.05, 3.63) is 64.4 Å². The summed E-state index contributed by atoms with van der Waals surface area (Å²) in [5.74, 6) is 0.457. The Morgan fingerprint density at radius 3 is 2.70 bits per heavy atom. The molecule has 0 aliphatic carbocycles. The van der Waals surface area contributed by atoms with E-state index in [-0.39, 0.29) is 23.9 Å². The van der Waals surface area contributed by atoms with Crippen molar-refractivity contribution in [3.63, 3.8) is 0 Å². The number of nitrogens with one attached hydrogen (secondary N) is 2. The molecule has 0 spiro atoms. The van der Waals surface area contributed by atoms with Crippen molar-refractivity contribution in [3.8, 4) is 0 Å². The molecule has 0 unspecified atom stereocenters. The lowest BCUT2D eigenvalue weighted by molar-refractivity contribution is 0.0510. The van der Waals surface area contributed by atoms with Gasteiger partial charge in [0.05, 0.1) is 0 Å². The number of aromatic nitrogens is 5. The Morgan fingerprint density at radius 1 is 1.33 bits per heavy atom. The van der Waals surface area contributed by atoms with Crippen LogP contribution in [-0.4, -0.2) is 36.6 Å². The molecule has 1 amide bonds. The number of hydrogen-bond donors (Lipinski definition) is 2. The van der Waals surface area contributed by atoms with Crippen LogP contribution in [0.3, 0.4) is 0 Å². The predicted molar refractivity (Wildman–Crippen MR) is 93.9 cm³/mol. The summed E-state index contributed by atoms with van der Waals surface area (Å²) in [5.41, 5.74) is -0.270. The Bertz CT molecular complexity index is 953. The van der Waals surface area contributed by atoms with E-state index in [1.165, 1.54) is 10.9 Å². The van der Waals surface area contributed by atoms with Crippen molar-refractivity contribution < 1.29 is 14.1 Å². The number of nitrogens with zero attached hydrogens (tertiary/aromatic N) is 4. The quantitative estimate of drug-likeness (QED) is 0.696. The largest absolute Gasteiger partial charge is 0.444 e. The Morgan fingerprint density at radius 2 is 2.07 bits per heavy atom. The number of ether oxygens (including phenoxy) is 1. The van der Waals surface area contributed by atoms with Gasteiger partial charge in [0.25, 0.3) is 0 Å². The Hall–Kier alpha value is -3.43. The van der Waals surface area contributed by atoms with Gasteiger partial charge in [-0.15, -0.1) is 0 Å². The summed E-state index contributed by atoms with van der Waals surface area (Å²) >= 11 is 0. The molecule has 2 heterocycles. The first-order valence-corrected chi connectivity index (χ1v) is 8.28. The van der Waals surface area contributed by atoms with Crippen LogP contribution >= 0.6 is 0 Å². The van der Waals surface area contributed by atoms with E-state index in [1.54, 1.807) is 20.8 Å². The van der Waals surface area contributed by atoms with Gasteiger partial charge in [0.2, 0.25) is 5.89 Å². The van der Waals surface area contributed by atoms with E-state index in [0.29, 0.717) is 0 Å². The zero-order valence-electron chi connectivity index (χ0n) is 15.2. The minimum absolute atomic E-state index is 0.0658. The first kappa shape index (κ1) is 18.4. The van der Waals surface area contributed by atoms with Crippen molar-refractivity contribution in [2.75, 3.05) is 0 Å². The molecule has 2 N–H and O–H groups in total. The second-order valence-corrected chi connectivity index (χ2v) is 6.83. The molecule has 27 heavy (non-hydrogen) atoms. The Balaban J connectivity index is 1.84. The third kappa shape index (κ3) is 4.81. The lowest BCUT2D eigenvalue weighted by atomic mass is 10.1. The fourth-order valence-corrected chi connectivity index (χ4v) is 2.35. The highest BCUT2D eigenvalue weighted by molar-refractivity contribution is 5.69. The molecule has 142 valence electrons. The van der Waals surface area contributed by atoms with E-state index < -0.39 is 17.7 Å². The van der Waals surface area contributed by atoms with E-state index in [1.807, 2.05) is 30.3 Å². The van der Waals surface area contributed by atoms with Gasteiger partial charge in [0.1, 0.15) is 24.5 Å². The maximum absolute atomic E-state index is 12.2. The molecule has 3 rings (SSSR count). The molecule has 0 saturated heterocycles. The summed E-state index contributed by atoms with van der Waals surface area (Å²) in [6.45, 7) is 5.40. The van der Waals surface area contributed by atoms with Gasteiger partial charge in [-0.05, 0) is 26.3 Å².